The van der Waals surface area contributed by atoms with Gasteiger partial charge in [-0.2, -0.15) is 0 Å². The number of hydrogen-bond acceptors (Lipinski definition) is 3. The molecule has 0 rings (SSSR count). The molecule has 0 heterocycles. The van der Waals surface area contributed by atoms with Crippen LogP contribution in [0.25, 0.3) is 0 Å². The zero-order valence-electron chi connectivity index (χ0n) is 7.48. The molecule has 0 radical (unpaired) electrons. The predicted molar refractivity (Wildman–Crippen MR) is 44.1 cm³/mol. The van der Waals surface area contributed by atoms with Gasteiger partial charge < -0.3 is 14.9 Å². The molecule has 0 spiro atoms. The number of aliphatic carboxylic acids is 2. The van der Waals surface area contributed by atoms with E-state index in [1.54, 1.807) is 0 Å². The van der Waals surface area contributed by atoms with Crippen LogP contribution in [0.3, 0.4) is 0 Å². The van der Waals surface area contributed by atoms with E-state index in [1.807, 2.05) is 13.8 Å². The van der Waals surface area contributed by atoms with E-state index in [2.05, 4.69) is 0 Å². The highest BCUT2D eigenvalue weighted by Gasteiger charge is 2.11. The molecule has 2 N–H and O–H groups in total. The molecule has 0 saturated carbocycles. The predicted octanol–water partition coefficient (Wildman–Crippen LogP) is 0.712. The van der Waals surface area contributed by atoms with Crippen molar-refractivity contribution in [2.45, 2.75) is 13.8 Å². The highest BCUT2D eigenvalue weighted by Crippen LogP contribution is 2.02. The van der Waals surface area contributed by atoms with Crippen molar-refractivity contribution in [3.8, 4) is 0 Å². The quantitative estimate of drug-likeness (QED) is 0.490. The summed E-state index contributed by atoms with van der Waals surface area (Å²) in [5, 5.41) is 16.8. The topological polar surface area (TPSA) is 83.8 Å². The van der Waals surface area contributed by atoms with Crippen LogP contribution in [0.5, 0.6) is 0 Å². The van der Waals surface area contributed by atoms with E-state index in [0.717, 1.165) is 0 Å². The van der Waals surface area contributed by atoms with Gasteiger partial charge >= 0.3 is 11.9 Å². The van der Waals surface area contributed by atoms with Gasteiger partial charge in [0.25, 0.3) is 0 Å². The smallest absolute Gasteiger partial charge is 0.371 e. The second-order valence-corrected chi connectivity index (χ2v) is 2.86. The molecule has 0 aliphatic carbocycles. The molecule has 0 aromatic rings. The van der Waals surface area contributed by atoms with Gasteiger partial charge in [-0.3, -0.25) is 0 Å². The minimum Gasteiger partial charge on any atom is -0.486 e. The Morgan fingerprint density at radius 1 is 1.38 bits per heavy atom. The summed E-state index contributed by atoms with van der Waals surface area (Å²) in [6.45, 7) is 3.85. The monoisotopic (exact) mass is 188 g/mol. The van der Waals surface area contributed by atoms with Gasteiger partial charge in [-0.25, -0.2) is 9.59 Å². The fraction of sp³-hybridized carbons (Fsp3) is 0.500. The summed E-state index contributed by atoms with van der Waals surface area (Å²) < 4.78 is 4.76. The number of carbonyl (C=O) groups is 2. The number of ether oxygens (including phenoxy) is 1. The Kier molecular flexibility index (Phi) is 4.58. The van der Waals surface area contributed by atoms with Gasteiger partial charge in [0.15, 0.2) is 0 Å². The lowest BCUT2D eigenvalue weighted by Crippen LogP contribution is -2.11. The van der Waals surface area contributed by atoms with Crippen LogP contribution in [0.2, 0.25) is 0 Å². The largest absolute Gasteiger partial charge is 0.486 e. The number of hydrogen-bond donors (Lipinski definition) is 2. The third-order valence-electron chi connectivity index (χ3n) is 1.04. The first-order valence-electron chi connectivity index (χ1n) is 3.74. The second-order valence-electron chi connectivity index (χ2n) is 2.86. The lowest BCUT2D eigenvalue weighted by atomic mass is 10.2. The number of carboxylic acid groups (broad SMARTS) is 2. The fourth-order valence-electron chi connectivity index (χ4n) is 0.534. The highest BCUT2D eigenvalue weighted by molar-refractivity contribution is 5.92. The molecule has 0 amide bonds. The van der Waals surface area contributed by atoms with Crippen LogP contribution < -0.4 is 0 Å². The molecule has 0 bridgehead atoms. The van der Waals surface area contributed by atoms with E-state index >= 15 is 0 Å². The van der Waals surface area contributed by atoms with Crippen molar-refractivity contribution < 1.29 is 24.5 Å². The van der Waals surface area contributed by atoms with Gasteiger partial charge in [-0.05, 0) is 5.92 Å². The zero-order chi connectivity index (χ0) is 10.4. The molecule has 0 atom stereocenters. The molecule has 5 heteroatoms. The molecule has 0 unspecified atom stereocenters. The maximum absolute atomic E-state index is 10.4. The van der Waals surface area contributed by atoms with Crippen LogP contribution in [0, 0.1) is 5.92 Å². The Morgan fingerprint density at radius 2 is 1.92 bits per heavy atom. The van der Waals surface area contributed by atoms with E-state index in [1.165, 1.54) is 0 Å². The Bertz CT molecular complexity index is 229. The van der Waals surface area contributed by atoms with Crippen LogP contribution >= 0.6 is 0 Å². The van der Waals surface area contributed by atoms with Crippen molar-refractivity contribution >= 4 is 11.9 Å². The molecule has 0 aromatic heterocycles. The maximum atomic E-state index is 10.4. The third kappa shape index (κ3) is 5.72. The average Bonchev–Trinajstić information content (AvgIpc) is 1.96. The summed E-state index contributed by atoms with van der Waals surface area (Å²) in [5.41, 5.74) is 0. The standard InChI is InChI=1S/C8H12O5/c1-5(2)4-13-6(8(11)12)3-7(9)10/h3,5H,4H2,1-2H3,(H,9,10)(H,11,12)/b6-3+. The van der Waals surface area contributed by atoms with E-state index < -0.39 is 17.7 Å². The molecule has 0 aromatic carbocycles. The van der Waals surface area contributed by atoms with Gasteiger partial charge in [0.1, 0.15) is 0 Å². The van der Waals surface area contributed by atoms with E-state index in [-0.39, 0.29) is 12.5 Å². The number of rotatable bonds is 5. The summed E-state index contributed by atoms with van der Waals surface area (Å²) in [6, 6.07) is 0. The van der Waals surface area contributed by atoms with E-state index in [0.29, 0.717) is 6.08 Å². The van der Waals surface area contributed by atoms with Crippen LogP contribution in [-0.2, 0) is 14.3 Å². The molecular formula is C8H12O5. The van der Waals surface area contributed by atoms with Crippen LogP contribution in [0.15, 0.2) is 11.8 Å². The van der Waals surface area contributed by atoms with E-state index in [9.17, 15) is 9.59 Å². The SMILES string of the molecule is CC(C)CO/C(=C/C(=O)O)C(=O)O. The van der Waals surface area contributed by atoms with Gasteiger partial charge in [-0.1, -0.05) is 13.8 Å². The fourth-order valence-corrected chi connectivity index (χ4v) is 0.534. The van der Waals surface area contributed by atoms with Gasteiger partial charge in [0.2, 0.25) is 5.76 Å². The minimum absolute atomic E-state index is 0.150. The first-order chi connectivity index (χ1) is 5.93. The third-order valence-corrected chi connectivity index (χ3v) is 1.04. The van der Waals surface area contributed by atoms with E-state index in [4.69, 9.17) is 14.9 Å². The van der Waals surface area contributed by atoms with Gasteiger partial charge in [0.05, 0.1) is 12.7 Å². The molecule has 13 heavy (non-hydrogen) atoms. The van der Waals surface area contributed by atoms with Crippen LogP contribution in [-0.4, -0.2) is 28.8 Å². The lowest BCUT2D eigenvalue weighted by molar-refractivity contribution is -0.138. The summed E-state index contributed by atoms with van der Waals surface area (Å²) in [6.07, 6.45) is 0.532. The Labute approximate surface area is 75.6 Å². The van der Waals surface area contributed by atoms with Crippen molar-refractivity contribution in [1.29, 1.82) is 0 Å². The Balaban J connectivity index is 4.28. The zero-order valence-corrected chi connectivity index (χ0v) is 7.48. The molecule has 5 nitrogen and oxygen atoms in total. The molecule has 0 saturated heterocycles. The molecule has 74 valence electrons. The Hall–Kier alpha value is -1.52. The lowest BCUT2D eigenvalue weighted by Gasteiger charge is -2.07. The van der Waals surface area contributed by atoms with Crippen molar-refractivity contribution in [2.75, 3.05) is 6.61 Å². The number of carboxylic acids is 2. The summed E-state index contributed by atoms with van der Waals surface area (Å²) in [7, 11) is 0. The summed E-state index contributed by atoms with van der Waals surface area (Å²) in [5.74, 6) is -3.10. The minimum atomic E-state index is -1.37. The normalized spacial score (nSPS) is 11.5. The first-order valence-corrected chi connectivity index (χ1v) is 3.74. The molecule has 0 aliphatic heterocycles. The molecule has 0 fully saturated rings. The van der Waals surface area contributed by atoms with Crippen molar-refractivity contribution in [1.82, 2.24) is 0 Å². The highest BCUT2D eigenvalue weighted by atomic mass is 16.5. The van der Waals surface area contributed by atoms with Gasteiger partial charge in [0, 0.05) is 0 Å². The second kappa shape index (κ2) is 5.18. The summed E-state index contributed by atoms with van der Waals surface area (Å²) in [4.78, 5) is 20.5. The maximum Gasteiger partial charge on any atom is 0.371 e. The van der Waals surface area contributed by atoms with Crippen LogP contribution in [0.1, 0.15) is 13.8 Å². The average molecular weight is 188 g/mol. The van der Waals surface area contributed by atoms with Crippen molar-refractivity contribution in [3.05, 3.63) is 11.8 Å². The Morgan fingerprint density at radius 3 is 2.23 bits per heavy atom. The van der Waals surface area contributed by atoms with Gasteiger partial charge in [-0.15, -0.1) is 0 Å². The summed E-state index contributed by atoms with van der Waals surface area (Å²) >= 11 is 0. The van der Waals surface area contributed by atoms with Crippen molar-refractivity contribution in [3.63, 3.8) is 0 Å². The van der Waals surface area contributed by atoms with Crippen molar-refractivity contribution in [2.24, 2.45) is 5.92 Å². The first kappa shape index (κ1) is 11.5. The molecular weight excluding hydrogens is 176 g/mol. The molecule has 0 aliphatic rings. The van der Waals surface area contributed by atoms with Crippen LogP contribution in [0.4, 0.5) is 0 Å².